The summed E-state index contributed by atoms with van der Waals surface area (Å²) in [6, 6.07) is 3.59. The summed E-state index contributed by atoms with van der Waals surface area (Å²) in [6.07, 6.45) is 0.690. The van der Waals surface area contributed by atoms with Crippen molar-refractivity contribution >= 4 is 0 Å². The molecular weight excluding hydrogens is 226 g/mol. The number of nitrogens with two attached hydrogens (primary N) is 1. The van der Waals surface area contributed by atoms with Crippen molar-refractivity contribution in [3.05, 3.63) is 35.4 Å². The molecule has 3 nitrogen and oxygen atoms in total. The van der Waals surface area contributed by atoms with Gasteiger partial charge in [-0.2, -0.15) is 0 Å². The molecule has 0 aliphatic heterocycles. The van der Waals surface area contributed by atoms with Crippen molar-refractivity contribution < 1.29 is 13.5 Å². The minimum Gasteiger partial charge on any atom is -0.384 e. The molecule has 1 aromatic rings. The minimum atomic E-state index is -0.859. The van der Waals surface area contributed by atoms with Crippen LogP contribution in [-0.2, 0) is 4.74 Å². The van der Waals surface area contributed by atoms with Gasteiger partial charge in [0.05, 0.1) is 0 Å². The molecule has 0 aromatic heterocycles. The van der Waals surface area contributed by atoms with E-state index in [0.29, 0.717) is 18.6 Å². The van der Waals surface area contributed by atoms with Crippen LogP contribution in [0.1, 0.15) is 24.9 Å². The van der Waals surface area contributed by atoms with Crippen LogP contribution in [0.3, 0.4) is 0 Å². The predicted molar refractivity (Wildman–Crippen MR) is 62.1 cm³/mol. The quantitative estimate of drug-likeness (QED) is 0.595. The molecule has 0 aliphatic carbocycles. The highest BCUT2D eigenvalue weighted by molar-refractivity contribution is 5.21. The number of methoxy groups -OCH3 is 1. The average molecular weight is 244 g/mol. The molecule has 0 heterocycles. The summed E-state index contributed by atoms with van der Waals surface area (Å²) in [5.41, 5.74) is 3.24. The first kappa shape index (κ1) is 14.0. The van der Waals surface area contributed by atoms with Crippen LogP contribution in [0.15, 0.2) is 18.2 Å². The van der Waals surface area contributed by atoms with Gasteiger partial charge in [0, 0.05) is 19.8 Å². The summed E-state index contributed by atoms with van der Waals surface area (Å²) in [4.78, 5) is 0. The third-order valence-electron chi connectivity index (χ3n) is 2.64. The number of benzene rings is 1. The molecule has 0 radical (unpaired) electrons. The first-order chi connectivity index (χ1) is 8.08. The molecule has 0 spiro atoms. The summed E-state index contributed by atoms with van der Waals surface area (Å²) < 4.78 is 30.9. The van der Waals surface area contributed by atoms with Crippen LogP contribution in [0.5, 0.6) is 0 Å². The molecule has 1 rings (SSSR count). The number of halogens is 2. The summed E-state index contributed by atoms with van der Waals surface area (Å²) >= 11 is 0. The van der Waals surface area contributed by atoms with Crippen molar-refractivity contribution in [2.24, 2.45) is 11.8 Å². The third-order valence-corrected chi connectivity index (χ3v) is 2.64. The molecule has 0 saturated heterocycles. The van der Waals surface area contributed by atoms with Gasteiger partial charge in [-0.25, -0.2) is 8.78 Å². The number of hydrazine groups is 1. The Morgan fingerprint density at radius 1 is 1.35 bits per heavy atom. The van der Waals surface area contributed by atoms with Crippen molar-refractivity contribution in [2.75, 3.05) is 13.7 Å². The number of nitrogens with one attached hydrogen (secondary N) is 1. The fourth-order valence-electron chi connectivity index (χ4n) is 1.78. The molecule has 0 fully saturated rings. The first-order valence-corrected chi connectivity index (χ1v) is 5.48. The molecule has 2 unspecified atom stereocenters. The van der Waals surface area contributed by atoms with E-state index >= 15 is 0 Å². The van der Waals surface area contributed by atoms with Crippen LogP contribution in [0.4, 0.5) is 8.78 Å². The lowest BCUT2D eigenvalue weighted by Gasteiger charge is -2.20. The van der Waals surface area contributed by atoms with Crippen LogP contribution >= 0.6 is 0 Å². The molecule has 1 aromatic carbocycles. The second-order valence-electron chi connectivity index (χ2n) is 4.19. The Labute approximate surface area is 99.9 Å². The van der Waals surface area contributed by atoms with Gasteiger partial charge in [0.1, 0.15) is 0 Å². The highest BCUT2D eigenvalue weighted by Gasteiger charge is 2.15. The Hall–Kier alpha value is -1.04. The smallest absolute Gasteiger partial charge is 0.159 e. The maximum atomic E-state index is 13.1. The molecule has 0 aliphatic rings. The number of ether oxygens (including phenoxy) is 1. The molecule has 0 saturated carbocycles. The summed E-state index contributed by atoms with van der Waals surface area (Å²) in [6.45, 7) is 2.61. The maximum absolute atomic E-state index is 13.1. The van der Waals surface area contributed by atoms with Crippen molar-refractivity contribution in [1.29, 1.82) is 0 Å². The van der Waals surface area contributed by atoms with E-state index in [-0.39, 0.29) is 12.0 Å². The Morgan fingerprint density at radius 3 is 2.59 bits per heavy atom. The molecule has 0 bridgehead atoms. The zero-order valence-electron chi connectivity index (χ0n) is 10.0. The maximum Gasteiger partial charge on any atom is 0.159 e. The normalized spacial score (nSPS) is 14.6. The van der Waals surface area contributed by atoms with Gasteiger partial charge in [-0.05, 0) is 30.0 Å². The van der Waals surface area contributed by atoms with Crippen LogP contribution in [0.25, 0.3) is 0 Å². The largest absolute Gasteiger partial charge is 0.384 e. The van der Waals surface area contributed by atoms with Gasteiger partial charge in [0.25, 0.3) is 0 Å². The molecular formula is C12H18F2N2O. The van der Waals surface area contributed by atoms with Crippen molar-refractivity contribution in [1.82, 2.24) is 5.43 Å². The van der Waals surface area contributed by atoms with Crippen LogP contribution in [0.2, 0.25) is 0 Å². The number of hydrogen-bond acceptors (Lipinski definition) is 3. The monoisotopic (exact) mass is 244 g/mol. The standard InChI is InChI=1S/C12H18F2N2O/c1-8(7-17-2)5-12(16-15)9-3-4-10(13)11(14)6-9/h3-4,6,8,12,16H,5,7,15H2,1-2H3. The second-order valence-corrected chi connectivity index (χ2v) is 4.19. The first-order valence-electron chi connectivity index (χ1n) is 5.48. The van der Waals surface area contributed by atoms with E-state index < -0.39 is 11.6 Å². The molecule has 2 atom stereocenters. The van der Waals surface area contributed by atoms with Gasteiger partial charge in [-0.3, -0.25) is 11.3 Å². The van der Waals surface area contributed by atoms with E-state index in [4.69, 9.17) is 10.6 Å². The number of hydrogen-bond donors (Lipinski definition) is 2. The molecule has 5 heteroatoms. The van der Waals surface area contributed by atoms with E-state index in [0.717, 1.165) is 6.07 Å². The van der Waals surface area contributed by atoms with Crippen LogP contribution in [0, 0.1) is 17.6 Å². The van der Waals surface area contributed by atoms with Gasteiger partial charge in [-0.1, -0.05) is 13.0 Å². The topological polar surface area (TPSA) is 47.3 Å². The van der Waals surface area contributed by atoms with Crippen molar-refractivity contribution in [3.63, 3.8) is 0 Å². The van der Waals surface area contributed by atoms with E-state index in [2.05, 4.69) is 5.43 Å². The highest BCUT2D eigenvalue weighted by Crippen LogP contribution is 2.22. The van der Waals surface area contributed by atoms with E-state index in [1.54, 1.807) is 7.11 Å². The van der Waals surface area contributed by atoms with E-state index in [1.165, 1.54) is 12.1 Å². The molecule has 0 amide bonds. The van der Waals surface area contributed by atoms with Crippen LogP contribution < -0.4 is 11.3 Å². The summed E-state index contributed by atoms with van der Waals surface area (Å²) in [5, 5.41) is 0. The SMILES string of the molecule is COCC(C)CC(NN)c1ccc(F)c(F)c1. The molecule has 3 N–H and O–H groups in total. The van der Waals surface area contributed by atoms with E-state index in [9.17, 15) is 8.78 Å². The molecule has 96 valence electrons. The van der Waals surface area contributed by atoms with Gasteiger partial charge < -0.3 is 4.74 Å². The summed E-state index contributed by atoms with van der Waals surface area (Å²) in [5.74, 6) is 3.99. The van der Waals surface area contributed by atoms with Crippen LogP contribution in [-0.4, -0.2) is 13.7 Å². The van der Waals surface area contributed by atoms with Crippen molar-refractivity contribution in [2.45, 2.75) is 19.4 Å². The fourth-order valence-corrected chi connectivity index (χ4v) is 1.78. The van der Waals surface area contributed by atoms with Gasteiger partial charge in [-0.15, -0.1) is 0 Å². The average Bonchev–Trinajstić information content (AvgIpc) is 2.30. The zero-order valence-corrected chi connectivity index (χ0v) is 10.0. The Bertz CT molecular complexity index is 360. The van der Waals surface area contributed by atoms with Gasteiger partial charge in [0.2, 0.25) is 0 Å². The second kappa shape index (κ2) is 6.64. The summed E-state index contributed by atoms with van der Waals surface area (Å²) in [7, 11) is 1.62. The Balaban J connectivity index is 2.75. The Kier molecular flexibility index (Phi) is 5.47. The third kappa shape index (κ3) is 4.03. The number of rotatable bonds is 6. The fraction of sp³-hybridized carbons (Fsp3) is 0.500. The lowest BCUT2D eigenvalue weighted by molar-refractivity contribution is 0.149. The van der Waals surface area contributed by atoms with Gasteiger partial charge >= 0.3 is 0 Å². The highest BCUT2D eigenvalue weighted by atomic mass is 19.2. The lowest BCUT2D eigenvalue weighted by atomic mass is 9.97. The predicted octanol–water partition coefficient (Wildman–Crippen LogP) is 2.14. The Morgan fingerprint density at radius 2 is 2.06 bits per heavy atom. The zero-order chi connectivity index (χ0) is 12.8. The lowest BCUT2D eigenvalue weighted by Crippen LogP contribution is -2.30. The van der Waals surface area contributed by atoms with Gasteiger partial charge in [0.15, 0.2) is 11.6 Å². The van der Waals surface area contributed by atoms with Crippen molar-refractivity contribution in [3.8, 4) is 0 Å². The molecule has 17 heavy (non-hydrogen) atoms. The van der Waals surface area contributed by atoms with E-state index in [1.807, 2.05) is 6.92 Å². The minimum absolute atomic E-state index is 0.213.